The first-order chi connectivity index (χ1) is 22.4. The molecule has 3 aromatic heterocycles. The number of H-pyrrole nitrogens is 1. The lowest BCUT2D eigenvalue weighted by Crippen LogP contribution is -2.47. The van der Waals surface area contributed by atoms with E-state index in [1.165, 1.54) is 0 Å². The second-order valence-corrected chi connectivity index (χ2v) is 11.8. The van der Waals surface area contributed by atoms with Crippen LogP contribution < -0.4 is 25.8 Å². The van der Waals surface area contributed by atoms with Gasteiger partial charge in [0.15, 0.2) is 0 Å². The van der Waals surface area contributed by atoms with E-state index in [-0.39, 0.29) is 18.0 Å². The van der Waals surface area contributed by atoms with Crippen molar-refractivity contribution in [2.75, 3.05) is 80.5 Å². The maximum atomic E-state index is 12.9. The lowest BCUT2D eigenvalue weighted by atomic mass is 10.0. The van der Waals surface area contributed by atoms with Crippen molar-refractivity contribution in [3.63, 3.8) is 0 Å². The van der Waals surface area contributed by atoms with Crippen LogP contribution in [0.2, 0.25) is 0 Å². The fourth-order valence-electron chi connectivity index (χ4n) is 5.75. The maximum absolute atomic E-state index is 12.9. The molecule has 2 fully saturated rings. The first-order valence-corrected chi connectivity index (χ1v) is 15.6. The lowest BCUT2D eigenvalue weighted by Gasteiger charge is -2.34. The van der Waals surface area contributed by atoms with Crippen molar-refractivity contribution in [3.8, 4) is 11.3 Å². The number of hydrogen-bond acceptors (Lipinski definition) is 9. The average Bonchev–Trinajstić information content (AvgIpc) is 3.50. The number of anilines is 4. The molecule has 3 amide bonds. The normalized spacial score (nSPS) is 17.1. The molecule has 1 aromatic carbocycles. The molecule has 13 heteroatoms. The number of pyridine rings is 1. The monoisotopic (exact) mass is 624 g/mol. The lowest BCUT2D eigenvalue weighted by molar-refractivity contribution is -0.117. The molecule has 0 saturated carbocycles. The first kappa shape index (κ1) is 31.0. The Kier molecular flexibility index (Phi) is 9.70. The van der Waals surface area contributed by atoms with Crippen LogP contribution in [0.4, 0.5) is 27.8 Å². The zero-order chi connectivity index (χ0) is 31.9. The van der Waals surface area contributed by atoms with Crippen molar-refractivity contribution in [3.05, 3.63) is 67.1 Å². The van der Waals surface area contributed by atoms with E-state index >= 15 is 0 Å². The summed E-state index contributed by atoms with van der Waals surface area (Å²) in [6.45, 7) is 5.22. The zero-order valence-corrected chi connectivity index (χ0v) is 26.2. The third kappa shape index (κ3) is 7.79. The van der Waals surface area contributed by atoms with Gasteiger partial charge in [-0.05, 0) is 56.8 Å². The molecule has 0 aliphatic carbocycles. The number of likely N-dealkylation sites (N-methyl/N-ethyl adjacent to an activating group) is 1. The molecule has 2 aliphatic rings. The molecule has 4 aromatic rings. The van der Waals surface area contributed by atoms with Crippen LogP contribution in [0.3, 0.4) is 0 Å². The van der Waals surface area contributed by atoms with E-state index in [1.807, 2.05) is 61.5 Å². The quantitative estimate of drug-likeness (QED) is 0.205. The fourth-order valence-corrected chi connectivity index (χ4v) is 5.75. The van der Waals surface area contributed by atoms with Crippen LogP contribution in [0, 0.1) is 0 Å². The number of rotatable bonds is 9. The second kappa shape index (κ2) is 14.4. The summed E-state index contributed by atoms with van der Waals surface area (Å²) in [6, 6.07) is 13.1. The van der Waals surface area contributed by atoms with Gasteiger partial charge in [0.25, 0.3) is 0 Å². The Morgan fingerprint density at radius 3 is 2.65 bits per heavy atom. The van der Waals surface area contributed by atoms with E-state index in [0.29, 0.717) is 37.8 Å². The molecule has 2 saturated heterocycles. The Labute approximate surface area is 268 Å². The number of aromatic nitrogens is 4. The Balaban J connectivity index is 1.04. The van der Waals surface area contributed by atoms with Crippen LogP contribution in [0.1, 0.15) is 12.8 Å². The number of fused-ring (bicyclic) bond motifs is 1. The summed E-state index contributed by atoms with van der Waals surface area (Å²) in [6.07, 6.45) is 8.59. The highest BCUT2D eigenvalue weighted by atomic mass is 16.5. The summed E-state index contributed by atoms with van der Waals surface area (Å²) < 4.78 is 5.49. The Morgan fingerprint density at radius 2 is 1.85 bits per heavy atom. The van der Waals surface area contributed by atoms with Crippen LogP contribution in [0.25, 0.3) is 22.3 Å². The van der Waals surface area contributed by atoms with E-state index in [9.17, 15) is 9.59 Å². The summed E-state index contributed by atoms with van der Waals surface area (Å²) in [4.78, 5) is 48.3. The number of piperidine rings is 1. The standard InChI is InChI=1S/C33H40N10O3/c1-41(2)13-4-6-30(44)37-25-5-3-14-43(21-25)26-11-12-34-29(19-26)40-33(45)38-24-9-7-23(8-10-24)28-20-27-31(39-28)35-22-36-32(27)42-15-17-46-18-16-42/h4,6-12,19-20,22,25H,3,5,13-18,21H2,1-2H3,(H,37,44)(H,35,36,39)(H2,34,38,40,45)/b6-4+. The van der Waals surface area contributed by atoms with Gasteiger partial charge in [-0.3, -0.25) is 10.1 Å². The Bertz CT molecular complexity index is 1680. The largest absolute Gasteiger partial charge is 0.378 e. The van der Waals surface area contributed by atoms with Gasteiger partial charge in [0.05, 0.1) is 18.6 Å². The van der Waals surface area contributed by atoms with Gasteiger partial charge in [0.2, 0.25) is 5.91 Å². The van der Waals surface area contributed by atoms with Gasteiger partial charge in [-0.1, -0.05) is 18.2 Å². The maximum Gasteiger partial charge on any atom is 0.324 e. The number of hydrogen-bond donors (Lipinski definition) is 4. The van der Waals surface area contributed by atoms with Crippen molar-refractivity contribution < 1.29 is 14.3 Å². The summed E-state index contributed by atoms with van der Waals surface area (Å²) >= 11 is 0. The van der Waals surface area contributed by atoms with Crippen LogP contribution in [0.15, 0.2) is 67.1 Å². The number of nitrogens with zero attached hydrogens (tertiary/aromatic N) is 6. The second-order valence-electron chi connectivity index (χ2n) is 11.8. The van der Waals surface area contributed by atoms with Gasteiger partial charge >= 0.3 is 6.03 Å². The van der Waals surface area contributed by atoms with Gasteiger partial charge in [0, 0.05) is 74.2 Å². The number of urea groups is 1. The van der Waals surface area contributed by atoms with E-state index < -0.39 is 0 Å². The number of carbonyl (C=O) groups excluding carboxylic acids is 2. The van der Waals surface area contributed by atoms with Crippen molar-refractivity contribution >= 4 is 46.0 Å². The molecular formula is C33H40N10O3. The summed E-state index contributed by atoms with van der Waals surface area (Å²) in [5.74, 6) is 1.27. The average molecular weight is 625 g/mol. The summed E-state index contributed by atoms with van der Waals surface area (Å²) in [5, 5.41) is 9.80. The smallest absolute Gasteiger partial charge is 0.324 e. The minimum Gasteiger partial charge on any atom is -0.378 e. The predicted molar refractivity (Wildman–Crippen MR) is 180 cm³/mol. The van der Waals surface area contributed by atoms with Gasteiger partial charge in [0.1, 0.15) is 23.6 Å². The third-order valence-corrected chi connectivity index (χ3v) is 8.03. The van der Waals surface area contributed by atoms with Gasteiger partial charge in [-0.15, -0.1) is 0 Å². The van der Waals surface area contributed by atoms with Gasteiger partial charge < -0.3 is 35.1 Å². The minimum absolute atomic E-state index is 0.0465. The number of morpholine rings is 1. The number of aromatic amines is 1. The molecule has 1 unspecified atom stereocenters. The zero-order valence-electron chi connectivity index (χ0n) is 26.2. The van der Waals surface area contributed by atoms with E-state index in [2.05, 4.69) is 51.8 Å². The number of ether oxygens (including phenoxy) is 1. The van der Waals surface area contributed by atoms with Gasteiger partial charge in [-0.2, -0.15) is 0 Å². The molecule has 0 spiro atoms. The highest BCUT2D eigenvalue weighted by molar-refractivity contribution is 5.99. The summed E-state index contributed by atoms with van der Waals surface area (Å²) in [5.41, 5.74) is 4.25. The van der Waals surface area contributed by atoms with E-state index in [1.54, 1.807) is 18.6 Å². The third-order valence-electron chi connectivity index (χ3n) is 8.03. The number of carbonyl (C=O) groups is 2. The van der Waals surface area contributed by atoms with E-state index in [0.717, 1.165) is 66.3 Å². The van der Waals surface area contributed by atoms with Crippen LogP contribution >= 0.6 is 0 Å². The predicted octanol–water partition coefficient (Wildman–Crippen LogP) is 3.70. The Hall–Kier alpha value is -5.01. The van der Waals surface area contributed by atoms with Crippen molar-refractivity contribution in [2.24, 2.45) is 0 Å². The molecule has 5 heterocycles. The van der Waals surface area contributed by atoms with Gasteiger partial charge in [-0.25, -0.2) is 19.7 Å². The van der Waals surface area contributed by atoms with Crippen molar-refractivity contribution in [1.29, 1.82) is 0 Å². The molecule has 6 rings (SSSR count). The number of benzene rings is 1. The first-order valence-electron chi connectivity index (χ1n) is 15.6. The fraction of sp³-hybridized carbons (Fsp3) is 0.364. The minimum atomic E-state index is -0.387. The molecule has 0 bridgehead atoms. The molecule has 4 N–H and O–H groups in total. The van der Waals surface area contributed by atoms with Crippen LogP contribution in [-0.2, 0) is 9.53 Å². The SMILES string of the molecule is CN(C)C/C=C/C(=O)NC1CCCN(c2ccnc(NC(=O)Nc3ccc(-c4cc5c(N6CCOCC6)ncnc5[nH]4)cc3)c2)C1. The van der Waals surface area contributed by atoms with Crippen LogP contribution in [0.5, 0.6) is 0 Å². The molecular weight excluding hydrogens is 584 g/mol. The van der Waals surface area contributed by atoms with Crippen molar-refractivity contribution in [1.82, 2.24) is 30.2 Å². The number of amides is 3. The summed E-state index contributed by atoms with van der Waals surface area (Å²) in [7, 11) is 3.93. The van der Waals surface area contributed by atoms with Crippen molar-refractivity contribution in [2.45, 2.75) is 18.9 Å². The van der Waals surface area contributed by atoms with E-state index in [4.69, 9.17) is 4.74 Å². The molecule has 46 heavy (non-hydrogen) atoms. The highest BCUT2D eigenvalue weighted by Gasteiger charge is 2.22. The number of nitrogens with one attached hydrogen (secondary N) is 4. The molecule has 0 radical (unpaired) electrons. The Morgan fingerprint density at radius 1 is 1.02 bits per heavy atom. The molecule has 13 nitrogen and oxygen atoms in total. The molecule has 1 atom stereocenters. The molecule has 240 valence electrons. The highest BCUT2D eigenvalue weighted by Crippen LogP contribution is 2.30. The topological polar surface area (TPSA) is 144 Å². The molecule has 2 aliphatic heterocycles. The van der Waals surface area contributed by atoms with Crippen LogP contribution in [-0.4, -0.2) is 103 Å².